The first-order chi connectivity index (χ1) is 10.2. The number of benzene rings is 2. The molecule has 0 aliphatic rings. The van der Waals surface area contributed by atoms with Crippen molar-refractivity contribution in [1.29, 1.82) is 0 Å². The molecule has 0 fully saturated rings. The van der Waals surface area contributed by atoms with E-state index in [1.54, 1.807) is 0 Å². The van der Waals surface area contributed by atoms with Crippen LogP contribution >= 0.6 is 0 Å². The maximum atomic E-state index is 11.8. The Bertz CT molecular complexity index is 594. The fourth-order valence-corrected chi connectivity index (χ4v) is 2.23. The summed E-state index contributed by atoms with van der Waals surface area (Å²) in [5.41, 5.74) is 0.751. The molecule has 2 rings (SSSR count). The van der Waals surface area contributed by atoms with Crippen molar-refractivity contribution in [1.82, 2.24) is 4.90 Å². The lowest BCUT2D eigenvalue weighted by molar-refractivity contribution is 0.142. The van der Waals surface area contributed by atoms with Crippen molar-refractivity contribution in [2.75, 3.05) is 31.6 Å². The first-order valence-corrected chi connectivity index (χ1v) is 7.38. The lowest BCUT2D eigenvalue weighted by Gasteiger charge is -2.17. The van der Waals surface area contributed by atoms with E-state index >= 15 is 0 Å². The van der Waals surface area contributed by atoms with E-state index in [0.29, 0.717) is 6.61 Å². The summed E-state index contributed by atoms with van der Waals surface area (Å²) in [6.07, 6.45) is -0.405. The highest BCUT2D eigenvalue weighted by Gasteiger charge is 2.05. The van der Waals surface area contributed by atoms with Crippen LogP contribution in [0.15, 0.2) is 42.5 Å². The zero-order valence-corrected chi connectivity index (χ0v) is 12.6. The van der Waals surface area contributed by atoms with E-state index in [4.69, 9.17) is 4.74 Å². The van der Waals surface area contributed by atoms with Crippen LogP contribution in [0.1, 0.15) is 13.8 Å². The van der Waals surface area contributed by atoms with Gasteiger partial charge in [0.2, 0.25) is 0 Å². The number of ether oxygens (including phenoxy) is 1. The topological polar surface area (TPSA) is 41.6 Å². The van der Waals surface area contributed by atoms with E-state index in [1.807, 2.05) is 42.5 Å². The van der Waals surface area contributed by atoms with Crippen molar-refractivity contribution in [2.45, 2.75) is 13.8 Å². The molecule has 21 heavy (non-hydrogen) atoms. The summed E-state index contributed by atoms with van der Waals surface area (Å²) in [5.74, 6) is 0. The molecule has 0 unspecified atom stereocenters. The average Bonchev–Trinajstić information content (AvgIpc) is 2.51. The Morgan fingerprint density at radius 3 is 2.52 bits per heavy atom. The molecule has 0 saturated carbocycles. The predicted molar refractivity (Wildman–Crippen MR) is 86.7 cm³/mol. The van der Waals surface area contributed by atoms with Crippen molar-refractivity contribution in [3.63, 3.8) is 0 Å². The number of fused-ring (bicyclic) bond motifs is 1. The Hall–Kier alpha value is -2.07. The second kappa shape index (κ2) is 7.64. The molecular weight excluding hydrogens is 264 g/mol. The van der Waals surface area contributed by atoms with Gasteiger partial charge in [0.1, 0.15) is 6.61 Å². The lowest BCUT2D eigenvalue weighted by Crippen LogP contribution is -2.28. The maximum Gasteiger partial charge on any atom is 0.411 e. The van der Waals surface area contributed by atoms with Crippen LogP contribution in [0.2, 0.25) is 0 Å². The SMILES string of the molecule is CCN(CC)CCOC(=O)Nc1ccc2ccccc2c1. The third-order valence-corrected chi connectivity index (χ3v) is 3.53. The molecule has 0 atom stereocenters. The van der Waals surface area contributed by atoms with Gasteiger partial charge in [0.25, 0.3) is 0 Å². The molecule has 2 aromatic carbocycles. The highest BCUT2D eigenvalue weighted by molar-refractivity contribution is 5.91. The number of carbonyl (C=O) groups is 1. The van der Waals surface area contributed by atoms with Crippen molar-refractivity contribution < 1.29 is 9.53 Å². The van der Waals surface area contributed by atoms with Gasteiger partial charge in [0.05, 0.1) is 0 Å². The van der Waals surface area contributed by atoms with E-state index in [2.05, 4.69) is 24.1 Å². The quantitative estimate of drug-likeness (QED) is 0.879. The second-order valence-electron chi connectivity index (χ2n) is 4.85. The molecule has 4 nitrogen and oxygen atoms in total. The minimum atomic E-state index is -0.405. The van der Waals surface area contributed by atoms with E-state index < -0.39 is 6.09 Å². The third kappa shape index (κ3) is 4.46. The lowest BCUT2D eigenvalue weighted by atomic mass is 10.1. The molecule has 0 heterocycles. The van der Waals surface area contributed by atoms with Gasteiger partial charge in [-0.25, -0.2) is 4.79 Å². The van der Waals surface area contributed by atoms with E-state index in [1.165, 1.54) is 0 Å². The molecule has 0 aliphatic heterocycles. The Morgan fingerprint density at radius 1 is 1.10 bits per heavy atom. The Balaban J connectivity index is 1.86. The summed E-state index contributed by atoms with van der Waals surface area (Å²) in [4.78, 5) is 14.0. The minimum absolute atomic E-state index is 0.404. The van der Waals surface area contributed by atoms with E-state index in [0.717, 1.165) is 36.1 Å². The number of nitrogens with one attached hydrogen (secondary N) is 1. The predicted octanol–water partition coefficient (Wildman–Crippen LogP) is 3.73. The highest BCUT2D eigenvalue weighted by Crippen LogP contribution is 2.18. The molecule has 0 aromatic heterocycles. The summed E-state index contributed by atoms with van der Waals surface area (Å²) in [7, 11) is 0. The first kappa shape index (κ1) is 15.3. The maximum absolute atomic E-state index is 11.8. The van der Waals surface area contributed by atoms with Crippen LogP contribution in [0.25, 0.3) is 10.8 Å². The van der Waals surface area contributed by atoms with Crippen molar-refractivity contribution in [3.8, 4) is 0 Å². The molecule has 0 saturated heterocycles. The summed E-state index contributed by atoms with van der Waals surface area (Å²) < 4.78 is 5.20. The van der Waals surface area contributed by atoms with Gasteiger partial charge in [0, 0.05) is 12.2 Å². The Labute approximate surface area is 125 Å². The zero-order chi connectivity index (χ0) is 15.1. The van der Waals surface area contributed by atoms with Gasteiger partial charge in [0.15, 0.2) is 0 Å². The monoisotopic (exact) mass is 286 g/mol. The molecule has 112 valence electrons. The van der Waals surface area contributed by atoms with Gasteiger partial charge in [-0.2, -0.15) is 0 Å². The van der Waals surface area contributed by atoms with Gasteiger partial charge in [-0.3, -0.25) is 5.32 Å². The molecule has 0 spiro atoms. The number of nitrogens with zero attached hydrogens (tertiary/aromatic N) is 1. The van der Waals surface area contributed by atoms with Crippen LogP contribution in [0.5, 0.6) is 0 Å². The summed E-state index contributed by atoms with van der Waals surface area (Å²) >= 11 is 0. The minimum Gasteiger partial charge on any atom is -0.448 e. The number of hydrogen-bond acceptors (Lipinski definition) is 3. The normalized spacial score (nSPS) is 10.8. The number of carbonyl (C=O) groups excluding carboxylic acids is 1. The number of likely N-dealkylation sites (N-methyl/N-ethyl adjacent to an activating group) is 1. The molecular formula is C17H22N2O2. The molecule has 4 heteroatoms. The van der Waals surface area contributed by atoms with Crippen molar-refractivity contribution in [3.05, 3.63) is 42.5 Å². The fourth-order valence-electron chi connectivity index (χ4n) is 2.23. The van der Waals surface area contributed by atoms with Gasteiger partial charge < -0.3 is 9.64 Å². The van der Waals surface area contributed by atoms with Crippen LogP contribution in [0.4, 0.5) is 10.5 Å². The van der Waals surface area contributed by atoms with Crippen LogP contribution in [0, 0.1) is 0 Å². The molecule has 0 aliphatic carbocycles. The third-order valence-electron chi connectivity index (χ3n) is 3.53. The van der Waals surface area contributed by atoms with Gasteiger partial charge in [-0.15, -0.1) is 0 Å². The Morgan fingerprint density at radius 2 is 1.81 bits per heavy atom. The van der Waals surface area contributed by atoms with Crippen molar-refractivity contribution >= 4 is 22.6 Å². The Kier molecular flexibility index (Phi) is 5.58. The largest absolute Gasteiger partial charge is 0.448 e. The molecule has 0 radical (unpaired) electrons. The molecule has 2 aromatic rings. The number of rotatable bonds is 6. The average molecular weight is 286 g/mol. The molecule has 1 amide bonds. The van der Waals surface area contributed by atoms with Crippen LogP contribution in [0.3, 0.4) is 0 Å². The van der Waals surface area contributed by atoms with Gasteiger partial charge >= 0.3 is 6.09 Å². The van der Waals surface area contributed by atoms with Gasteiger partial charge in [-0.05, 0) is 36.0 Å². The summed E-state index contributed by atoms with van der Waals surface area (Å²) in [5, 5.41) is 5.01. The highest BCUT2D eigenvalue weighted by atomic mass is 16.5. The number of amides is 1. The number of anilines is 1. The molecule has 1 N–H and O–H groups in total. The smallest absolute Gasteiger partial charge is 0.411 e. The first-order valence-electron chi connectivity index (χ1n) is 7.38. The summed E-state index contributed by atoms with van der Waals surface area (Å²) in [6, 6.07) is 13.9. The van der Waals surface area contributed by atoms with E-state index in [-0.39, 0.29) is 0 Å². The van der Waals surface area contributed by atoms with Crippen LogP contribution < -0.4 is 5.32 Å². The second-order valence-corrected chi connectivity index (χ2v) is 4.85. The van der Waals surface area contributed by atoms with Crippen LogP contribution in [-0.4, -0.2) is 37.2 Å². The summed E-state index contributed by atoms with van der Waals surface area (Å²) in [6.45, 7) is 7.29. The van der Waals surface area contributed by atoms with Crippen molar-refractivity contribution in [2.24, 2.45) is 0 Å². The fraction of sp³-hybridized carbons (Fsp3) is 0.353. The zero-order valence-electron chi connectivity index (χ0n) is 12.6. The van der Waals surface area contributed by atoms with E-state index in [9.17, 15) is 4.79 Å². The van der Waals surface area contributed by atoms with Crippen LogP contribution in [-0.2, 0) is 4.74 Å². The molecule has 0 bridgehead atoms. The number of hydrogen-bond donors (Lipinski definition) is 1. The standard InChI is InChI=1S/C17H22N2O2/c1-3-19(4-2)11-12-21-17(20)18-16-10-9-14-7-5-6-8-15(14)13-16/h5-10,13H,3-4,11-12H2,1-2H3,(H,18,20). The van der Waals surface area contributed by atoms with Gasteiger partial charge in [-0.1, -0.05) is 44.2 Å².